The Morgan fingerprint density at radius 1 is 1.21 bits per heavy atom. The number of aliphatic hydroxyl groups is 3. The van der Waals surface area contributed by atoms with Crippen molar-refractivity contribution in [3.05, 3.63) is 29.3 Å². The molecule has 2 atom stereocenters. The summed E-state index contributed by atoms with van der Waals surface area (Å²) >= 11 is 0. The van der Waals surface area contributed by atoms with E-state index in [1.165, 1.54) is 0 Å². The standard InChI is InChI=1S/C15H24O4/c1-5-7-10(2)11(3)13-8-6-9-14(12(13)4)19-15(16,17)18/h6,8-11,16-18H,5,7H2,1-4H3/t10-,11+/m0/s1. The molecule has 1 aromatic carbocycles. The topological polar surface area (TPSA) is 69.9 Å². The van der Waals surface area contributed by atoms with E-state index in [1.807, 2.05) is 13.0 Å². The Bertz CT molecular complexity index is 409. The van der Waals surface area contributed by atoms with E-state index in [0.29, 0.717) is 11.8 Å². The SMILES string of the molecule is CCC[C@H](C)[C@@H](C)c1cccc(OC(O)(O)O)c1C. The van der Waals surface area contributed by atoms with Crippen LogP contribution in [0, 0.1) is 12.8 Å². The van der Waals surface area contributed by atoms with E-state index in [2.05, 4.69) is 20.8 Å². The molecule has 0 radical (unpaired) electrons. The maximum atomic E-state index is 8.91. The predicted octanol–water partition coefficient (Wildman–Crippen LogP) is 2.50. The van der Waals surface area contributed by atoms with Crippen LogP contribution in [0.5, 0.6) is 5.75 Å². The zero-order chi connectivity index (χ0) is 14.6. The molecule has 1 aromatic rings. The van der Waals surface area contributed by atoms with Crippen molar-refractivity contribution in [2.45, 2.75) is 52.6 Å². The second-order valence-corrected chi connectivity index (χ2v) is 5.20. The van der Waals surface area contributed by atoms with Gasteiger partial charge < -0.3 is 20.1 Å². The van der Waals surface area contributed by atoms with Crippen LogP contribution in [-0.2, 0) is 0 Å². The Kier molecular flexibility index (Phi) is 5.35. The van der Waals surface area contributed by atoms with Gasteiger partial charge in [0.1, 0.15) is 5.75 Å². The molecule has 0 saturated heterocycles. The molecule has 3 N–H and O–H groups in total. The fraction of sp³-hybridized carbons (Fsp3) is 0.600. The Hall–Kier alpha value is -1.10. The highest BCUT2D eigenvalue weighted by Gasteiger charge is 2.24. The first kappa shape index (κ1) is 16.0. The van der Waals surface area contributed by atoms with E-state index in [4.69, 9.17) is 20.1 Å². The molecule has 0 fully saturated rings. The Labute approximate surface area is 114 Å². The molecule has 108 valence electrons. The van der Waals surface area contributed by atoms with E-state index in [0.717, 1.165) is 24.0 Å². The van der Waals surface area contributed by atoms with Crippen LogP contribution < -0.4 is 4.74 Å². The van der Waals surface area contributed by atoms with Crippen molar-refractivity contribution in [2.24, 2.45) is 5.92 Å². The zero-order valence-corrected chi connectivity index (χ0v) is 12.1. The molecule has 4 nitrogen and oxygen atoms in total. The van der Waals surface area contributed by atoms with Gasteiger partial charge in [-0.2, -0.15) is 0 Å². The maximum Gasteiger partial charge on any atom is 0.453 e. The van der Waals surface area contributed by atoms with Gasteiger partial charge in [0.2, 0.25) is 0 Å². The molecule has 0 aliphatic rings. The first-order valence-electron chi connectivity index (χ1n) is 6.72. The van der Waals surface area contributed by atoms with Crippen molar-refractivity contribution in [3.8, 4) is 5.75 Å². The van der Waals surface area contributed by atoms with Crippen molar-refractivity contribution >= 4 is 0 Å². The van der Waals surface area contributed by atoms with Gasteiger partial charge in [0, 0.05) is 0 Å². The van der Waals surface area contributed by atoms with E-state index in [-0.39, 0.29) is 5.75 Å². The number of hydrogen-bond donors (Lipinski definition) is 3. The van der Waals surface area contributed by atoms with Gasteiger partial charge in [-0.15, -0.1) is 0 Å². The van der Waals surface area contributed by atoms with E-state index < -0.39 is 6.16 Å². The second kappa shape index (κ2) is 6.37. The monoisotopic (exact) mass is 268 g/mol. The van der Waals surface area contributed by atoms with Gasteiger partial charge in [-0.3, -0.25) is 0 Å². The summed E-state index contributed by atoms with van der Waals surface area (Å²) in [4.78, 5) is 0. The van der Waals surface area contributed by atoms with Crippen LogP contribution in [0.1, 0.15) is 50.7 Å². The lowest BCUT2D eigenvalue weighted by Gasteiger charge is -2.24. The fourth-order valence-electron chi connectivity index (χ4n) is 2.39. The van der Waals surface area contributed by atoms with Crippen LogP contribution in [0.3, 0.4) is 0 Å². The molecule has 0 spiro atoms. The van der Waals surface area contributed by atoms with Crippen LogP contribution in [0.25, 0.3) is 0 Å². The summed E-state index contributed by atoms with van der Waals surface area (Å²) in [5, 5.41) is 26.7. The quantitative estimate of drug-likeness (QED) is 0.693. The molecule has 0 heterocycles. The molecule has 0 bridgehead atoms. The van der Waals surface area contributed by atoms with Crippen LogP contribution >= 0.6 is 0 Å². The summed E-state index contributed by atoms with van der Waals surface area (Å²) < 4.78 is 4.73. The van der Waals surface area contributed by atoms with Gasteiger partial charge >= 0.3 is 6.16 Å². The molecule has 0 amide bonds. The summed E-state index contributed by atoms with van der Waals surface area (Å²) in [6, 6.07) is 5.40. The van der Waals surface area contributed by atoms with Gasteiger partial charge in [-0.05, 0) is 36.0 Å². The summed E-state index contributed by atoms with van der Waals surface area (Å²) in [7, 11) is 0. The number of rotatable bonds is 6. The average molecular weight is 268 g/mol. The molecule has 0 aliphatic heterocycles. The lowest BCUT2D eigenvalue weighted by atomic mass is 9.84. The Balaban J connectivity index is 3.00. The molecular weight excluding hydrogens is 244 g/mol. The third kappa shape index (κ3) is 4.49. The summed E-state index contributed by atoms with van der Waals surface area (Å²) in [5.74, 6) is 1.15. The number of hydrogen-bond acceptors (Lipinski definition) is 4. The highest BCUT2D eigenvalue weighted by molar-refractivity contribution is 5.41. The van der Waals surface area contributed by atoms with Crippen molar-refractivity contribution < 1.29 is 20.1 Å². The highest BCUT2D eigenvalue weighted by atomic mass is 16.9. The molecule has 0 aliphatic carbocycles. The molecule has 0 saturated carbocycles. The summed E-state index contributed by atoms with van der Waals surface area (Å²) in [6.45, 7) is 8.37. The molecular formula is C15H24O4. The maximum absolute atomic E-state index is 8.91. The van der Waals surface area contributed by atoms with E-state index in [9.17, 15) is 0 Å². The van der Waals surface area contributed by atoms with Crippen LogP contribution in [0.2, 0.25) is 0 Å². The number of benzene rings is 1. The highest BCUT2D eigenvalue weighted by Crippen LogP contribution is 2.33. The lowest BCUT2D eigenvalue weighted by molar-refractivity contribution is -0.419. The van der Waals surface area contributed by atoms with E-state index in [1.54, 1.807) is 12.1 Å². The third-order valence-electron chi connectivity index (χ3n) is 3.66. The fourth-order valence-corrected chi connectivity index (χ4v) is 2.39. The van der Waals surface area contributed by atoms with Gasteiger partial charge in [0.15, 0.2) is 0 Å². The third-order valence-corrected chi connectivity index (χ3v) is 3.66. The van der Waals surface area contributed by atoms with Crippen molar-refractivity contribution in [2.75, 3.05) is 0 Å². The van der Waals surface area contributed by atoms with Gasteiger partial charge in [-0.1, -0.05) is 45.7 Å². The predicted molar refractivity (Wildman–Crippen MR) is 73.7 cm³/mol. The number of ether oxygens (including phenoxy) is 1. The van der Waals surface area contributed by atoms with Gasteiger partial charge in [0.25, 0.3) is 0 Å². The molecule has 0 unspecified atom stereocenters. The van der Waals surface area contributed by atoms with Crippen molar-refractivity contribution in [1.82, 2.24) is 0 Å². The summed E-state index contributed by atoms with van der Waals surface area (Å²) in [5.41, 5.74) is 1.92. The molecule has 0 aromatic heterocycles. The lowest BCUT2D eigenvalue weighted by Crippen LogP contribution is -2.35. The minimum absolute atomic E-state index is 0.278. The van der Waals surface area contributed by atoms with Crippen molar-refractivity contribution in [1.29, 1.82) is 0 Å². The normalized spacial score (nSPS) is 15.1. The summed E-state index contributed by atoms with van der Waals surface area (Å²) in [6.07, 6.45) is -0.870. The second-order valence-electron chi connectivity index (χ2n) is 5.20. The largest absolute Gasteiger partial charge is 0.453 e. The first-order valence-corrected chi connectivity index (χ1v) is 6.72. The Morgan fingerprint density at radius 2 is 1.84 bits per heavy atom. The Morgan fingerprint density at radius 3 is 2.37 bits per heavy atom. The minimum Gasteiger partial charge on any atom is -0.417 e. The smallest absolute Gasteiger partial charge is 0.417 e. The minimum atomic E-state index is -3.14. The van der Waals surface area contributed by atoms with Gasteiger partial charge in [-0.25, -0.2) is 0 Å². The van der Waals surface area contributed by atoms with Crippen molar-refractivity contribution in [3.63, 3.8) is 0 Å². The molecule has 1 rings (SSSR count). The molecule has 19 heavy (non-hydrogen) atoms. The average Bonchev–Trinajstić information content (AvgIpc) is 2.29. The first-order chi connectivity index (χ1) is 8.76. The van der Waals surface area contributed by atoms with Crippen LogP contribution in [0.4, 0.5) is 0 Å². The van der Waals surface area contributed by atoms with Crippen LogP contribution in [0.15, 0.2) is 18.2 Å². The molecule has 4 heteroatoms. The zero-order valence-electron chi connectivity index (χ0n) is 12.1. The van der Waals surface area contributed by atoms with Gasteiger partial charge in [0.05, 0.1) is 0 Å². The van der Waals surface area contributed by atoms with Crippen LogP contribution in [-0.4, -0.2) is 21.5 Å². The van der Waals surface area contributed by atoms with E-state index >= 15 is 0 Å².